The molecule has 0 aromatic heterocycles. The van der Waals surface area contributed by atoms with E-state index in [0.29, 0.717) is 19.4 Å². The quantitative estimate of drug-likeness (QED) is 0.777. The average Bonchev–Trinajstić information content (AvgIpc) is 2.41. The Morgan fingerprint density at radius 1 is 1.26 bits per heavy atom. The summed E-state index contributed by atoms with van der Waals surface area (Å²) in [4.78, 5) is 27.5. The Kier molecular flexibility index (Phi) is 5.37. The van der Waals surface area contributed by atoms with E-state index in [2.05, 4.69) is 11.9 Å². The van der Waals surface area contributed by atoms with Crippen molar-refractivity contribution in [3.63, 3.8) is 0 Å². The zero-order valence-electron chi connectivity index (χ0n) is 12.1. The van der Waals surface area contributed by atoms with Crippen LogP contribution in [-0.4, -0.2) is 54.7 Å². The maximum atomic E-state index is 12.0. The Balaban J connectivity index is 1.62. The van der Waals surface area contributed by atoms with Crippen LogP contribution in [0.5, 0.6) is 0 Å². The highest BCUT2D eigenvalue weighted by Gasteiger charge is 2.22. The van der Waals surface area contributed by atoms with Gasteiger partial charge in [0.1, 0.15) is 0 Å². The van der Waals surface area contributed by atoms with Gasteiger partial charge in [-0.25, -0.2) is 0 Å². The first kappa shape index (κ1) is 14.5. The van der Waals surface area contributed by atoms with Gasteiger partial charge < -0.3 is 9.80 Å². The highest BCUT2D eigenvalue weighted by atomic mass is 16.2. The third kappa shape index (κ3) is 4.60. The molecule has 2 aliphatic rings. The Morgan fingerprint density at radius 2 is 2.00 bits per heavy atom. The van der Waals surface area contributed by atoms with Gasteiger partial charge in [0.2, 0.25) is 5.91 Å². The van der Waals surface area contributed by atoms with E-state index in [9.17, 15) is 9.59 Å². The molecule has 2 fully saturated rings. The number of piperidine rings is 2. The number of nitrogens with zero attached hydrogens (tertiary/aromatic N) is 2. The highest BCUT2D eigenvalue weighted by molar-refractivity contribution is 5.87. The van der Waals surface area contributed by atoms with Crippen LogP contribution in [0.3, 0.4) is 0 Å². The molecule has 108 valence electrons. The Labute approximate surface area is 116 Å². The van der Waals surface area contributed by atoms with Crippen molar-refractivity contribution < 1.29 is 9.59 Å². The van der Waals surface area contributed by atoms with Gasteiger partial charge in [-0.1, -0.05) is 0 Å². The first-order chi connectivity index (χ1) is 9.15. The fourth-order valence-corrected chi connectivity index (χ4v) is 3.10. The van der Waals surface area contributed by atoms with Crippen molar-refractivity contribution in [1.29, 1.82) is 0 Å². The normalized spacial score (nSPS) is 22.8. The van der Waals surface area contributed by atoms with E-state index in [0.717, 1.165) is 25.3 Å². The van der Waals surface area contributed by atoms with Gasteiger partial charge in [0.15, 0.2) is 5.78 Å². The zero-order chi connectivity index (χ0) is 13.7. The Morgan fingerprint density at radius 3 is 2.68 bits per heavy atom. The number of carbonyl (C=O) groups excluding carboxylic acids is 2. The molecule has 0 aromatic rings. The second-order valence-electron chi connectivity index (χ2n) is 6.10. The van der Waals surface area contributed by atoms with Crippen molar-refractivity contribution in [2.24, 2.45) is 5.92 Å². The van der Waals surface area contributed by atoms with E-state index < -0.39 is 0 Å². The summed E-state index contributed by atoms with van der Waals surface area (Å²) in [6, 6.07) is 0. The number of amides is 1. The number of ketones is 1. The van der Waals surface area contributed by atoms with E-state index in [4.69, 9.17) is 0 Å². The summed E-state index contributed by atoms with van der Waals surface area (Å²) >= 11 is 0. The van der Waals surface area contributed by atoms with Gasteiger partial charge in [-0.3, -0.25) is 9.59 Å². The van der Waals surface area contributed by atoms with Crippen LogP contribution in [0.15, 0.2) is 0 Å². The molecule has 2 heterocycles. The van der Waals surface area contributed by atoms with E-state index >= 15 is 0 Å². The molecule has 4 heteroatoms. The molecular weight excluding hydrogens is 240 g/mol. The lowest BCUT2D eigenvalue weighted by Crippen LogP contribution is -2.40. The van der Waals surface area contributed by atoms with E-state index in [1.54, 1.807) is 4.90 Å². The summed E-state index contributed by atoms with van der Waals surface area (Å²) in [5, 5.41) is 0. The standard InChI is InChI=1S/C15H26N2O2/c1-16-10-7-13(8-11-16)4-2-6-15(19)17-9-3-5-14(18)12-17/h13H,2-12H2,1H3. The summed E-state index contributed by atoms with van der Waals surface area (Å²) in [7, 11) is 2.17. The smallest absolute Gasteiger partial charge is 0.222 e. The van der Waals surface area contributed by atoms with Crippen LogP contribution >= 0.6 is 0 Å². The average molecular weight is 266 g/mol. The number of carbonyl (C=O) groups is 2. The Bertz CT molecular complexity index is 322. The fourth-order valence-electron chi connectivity index (χ4n) is 3.10. The zero-order valence-corrected chi connectivity index (χ0v) is 12.1. The SMILES string of the molecule is CN1CCC(CCCC(=O)N2CCCC(=O)C2)CC1. The largest absolute Gasteiger partial charge is 0.335 e. The van der Waals surface area contributed by atoms with Gasteiger partial charge >= 0.3 is 0 Å². The van der Waals surface area contributed by atoms with E-state index in [1.807, 2.05) is 0 Å². The number of rotatable bonds is 4. The molecule has 0 atom stereocenters. The first-order valence-corrected chi connectivity index (χ1v) is 7.63. The lowest BCUT2D eigenvalue weighted by molar-refractivity contribution is -0.137. The van der Waals surface area contributed by atoms with Gasteiger partial charge in [-0.15, -0.1) is 0 Å². The van der Waals surface area contributed by atoms with Crippen LogP contribution < -0.4 is 0 Å². The molecule has 0 radical (unpaired) electrons. The van der Waals surface area contributed by atoms with Gasteiger partial charge in [0, 0.05) is 19.4 Å². The minimum absolute atomic E-state index is 0.181. The van der Waals surface area contributed by atoms with Crippen molar-refractivity contribution in [3.05, 3.63) is 0 Å². The van der Waals surface area contributed by atoms with Gasteiger partial charge in [0.25, 0.3) is 0 Å². The molecule has 0 unspecified atom stereocenters. The van der Waals surface area contributed by atoms with Crippen molar-refractivity contribution in [2.45, 2.75) is 44.9 Å². The second kappa shape index (κ2) is 7.04. The molecule has 2 aliphatic heterocycles. The molecule has 0 aromatic carbocycles. The molecule has 2 rings (SSSR count). The van der Waals surface area contributed by atoms with Crippen LogP contribution in [-0.2, 0) is 9.59 Å². The van der Waals surface area contributed by atoms with E-state index in [1.165, 1.54) is 32.4 Å². The number of likely N-dealkylation sites (tertiary alicyclic amines) is 2. The fraction of sp³-hybridized carbons (Fsp3) is 0.867. The molecule has 1 amide bonds. The molecule has 19 heavy (non-hydrogen) atoms. The number of hydrogen-bond acceptors (Lipinski definition) is 3. The first-order valence-electron chi connectivity index (χ1n) is 7.63. The van der Waals surface area contributed by atoms with E-state index in [-0.39, 0.29) is 11.7 Å². The predicted octanol–water partition coefficient (Wildman–Crippen LogP) is 1.69. The number of Topliss-reactive ketones (excluding diaryl/α,β-unsaturated/α-hetero) is 1. The Hall–Kier alpha value is -0.900. The second-order valence-corrected chi connectivity index (χ2v) is 6.10. The summed E-state index contributed by atoms with van der Waals surface area (Å²) in [5.74, 6) is 1.20. The molecule has 0 N–H and O–H groups in total. The topological polar surface area (TPSA) is 40.6 Å². The van der Waals surface area contributed by atoms with Gasteiger partial charge in [0.05, 0.1) is 6.54 Å². The van der Waals surface area contributed by atoms with Crippen LogP contribution in [0.4, 0.5) is 0 Å². The lowest BCUT2D eigenvalue weighted by Gasteiger charge is -2.29. The van der Waals surface area contributed by atoms with Gasteiger partial charge in [-0.2, -0.15) is 0 Å². The third-order valence-electron chi connectivity index (χ3n) is 4.44. The molecule has 0 bridgehead atoms. The third-order valence-corrected chi connectivity index (χ3v) is 4.44. The highest BCUT2D eigenvalue weighted by Crippen LogP contribution is 2.22. The van der Waals surface area contributed by atoms with Crippen LogP contribution in [0.1, 0.15) is 44.9 Å². The summed E-state index contributed by atoms with van der Waals surface area (Å²) < 4.78 is 0. The molecular formula is C15H26N2O2. The maximum absolute atomic E-state index is 12.0. The van der Waals surface area contributed by atoms with Crippen molar-refractivity contribution in [1.82, 2.24) is 9.80 Å². The van der Waals surface area contributed by atoms with Crippen LogP contribution in [0, 0.1) is 5.92 Å². The van der Waals surface area contributed by atoms with Crippen LogP contribution in [0.25, 0.3) is 0 Å². The monoisotopic (exact) mass is 266 g/mol. The molecule has 2 saturated heterocycles. The molecule has 0 aliphatic carbocycles. The molecule has 0 spiro atoms. The minimum atomic E-state index is 0.181. The van der Waals surface area contributed by atoms with Gasteiger partial charge in [-0.05, 0) is 58.2 Å². The summed E-state index contributed by atoms with van der Waals surface area (Å²) in [6.07, 6.45) is 6.82. The lowest BCUT2D eigenvalue weighted by atomic mass is 9.91. The summed E-state index contributed by atoms with van der Waals surface area (Å²) in [6.45, 7) is 3.52. The van der Waals surface area contributed by atoms with Crippen molar-refractivity contribution in [2.75, 3.05) is 33.2 Å². The van der Waals surface area contributed by atoms with Crippen LogP contribution in [0.2, 0.25) is 0 Å². The van der Waals surface area contributed by atoms with Crippen molar-refractivity contribution >= 4 is 11.7 Å². The maximum Gasteiger partial charge on any atom is 0.222 e. The summed E-state index contributed by atoms with van der Waals surface area (Å²) in [5.41, 5.74) is 0. The van der Waals surface area contributed by atoms with Crippen molar-refractivity contribution in [3.8, 4) is 0 Å². The predicted molar refractivity (Wildman–Crippen MR) is 74.9 cm³/mol. The number of hydrogen-bond donors (Lipinski definition) is 0. The minimum Gasteiger partial charge on any atom is -0.335 e. The molecule has 0 saturated carbocycles. The molecule has 4 nitrogen and oxygen atoms in total.